The lowest BCUT2D eigenvalue weighted by atomic mass is 9.44. The fraction of sp³-hybridized carbons (Fsp3) is 0.844. The Labute approximate surface area is 473 Å². The lowest BCUT2D eigenvalue weighted by Crippen LogP contribution is -2.57. The summed E-state index contributed by atoms with van der Waals surface area (Å²) in [6, 6.07) is 9.60. The third-order valence-electron chi connectivity index (χ3n) is 25.7. The number of hydrogen-bond acceptors (Lipinski definition) is 14. The van der Waals surface area contributed by atoms with Crippen molar-refractivity contribution < 1.29 is 14.3 Å². The number of Topliss-reactive ketones (excluding diaryl/α,β-unsaturated/α-hetero) is 1. The molecule has 0 atom stereocenters. The zero-order valence-electron chi connectivity index (χ0n) is 47.5. The molecule has 4 N–H and O–H groups in total. The first-order valence-electron chi connectivity index (χ1n) is 32.1. The number of nitrogens with zero attached hydrogens (tertiary/aromatic N) is 10. The van der Waals surface area contributed by atoms with E-state index >= 15 is 0 Å². The average molecular weight is 1090 g/mol. The summed E-state index contributed by atoms with van der Waals surface area (Å²) >= 11 is 0. The van der Waals surface area contributed by atoms with E-state index in [-0.39, 0.29) is 16.2 Å². The molecular weight excluding hydrogens is 999 g/mol. The number of aromatic amines is 2. The van der Waals surface area contributed by atoms with Crippen molar-refractivity contribution in [1.29, 1.82) is 21.0 Å². The van der Waals surface area contributed by atoms with Gasteiger partial charge in [0.15, 0.2) is 11.6 Å². The summed E-state index contributed by atoms with van der Waals surface area (Å²) in [4.78, 5) is 23.5. The van der Waals surface area contributed by atoms with Crippen LogP contribution in [0, 0.1) is 180 Å². The predicted molar refractivity (Wildman–Crippen MR) is 293 cm³/mol. The minimum atomic E-state index is -0.400. The fourth-order valence-corrected chi connectivity index (χ4v) is 23.3. The molecule has 20 aliphatic rings. The van der Waals surface area contributed by atoms with Gasteiger partial charge in [-0.05, 0) is 291 Å². The second kappa shape index (κ2) is 21.9. The van der Waals surface area contributed by atoms with E-state index in [1.54, 1.807) is 6.92 Å². The highest BCUT2D eigenvalue weighted by Gasteiger charge is 2.60. The first-order valence-corrected chi connectivity index (χ1v) is 32.1. The van der Waals surface area contributed by atoms with Gasteiger partial charge in [-0.1, -0.05) is 10.4 Å². The van der Waals surface area contributed by atoms with Crippen LogP contribution in [0.2, 0.25) is 0 Å². The summed E-state index contributed by atoms with van der Waals surface area (Å²) in [7, 11) is 0. The SMILES string of the molecule is CCOC(=O)C(C#N)=C1C2CC3CC(C2)CC1C3.N#CC1(Cc2nn[nH]n2)C2CC3CC(C2)CC1C3.N#CCC1(C#N)C2CC3CC(C2)CC1C3.NCC1(Cc2nn[nH]n2)C2CC3CC(C2)CC1C3.O=C1C2CC3CC(C2)CC1C3. The van der Waals surface area contributed by atoms with Crippen LogP contribution in [0.5, 0.6) is 0 Å². The number of H-pyrrole nitrogens is 2. The third-order valence-corrected chi connectivity index (χ3v) is 25.7. The molecule has 0 unspecified atom stereocenters. The number of tetrazole rings is 2. The Bertz CT molecular complexity index is 2650. The molecule has 2 aromatic rings. The Morgan fingerprint density at radius 2 is 0.887 bits per heavy atom. The van der Waals surface area contributed by atoms with Crippen molar-refractivity contribution in [3.05, 3.63) is 22.8 Å². The third kappa shape index (κ3) is 9.73. The minimum Gasteiger partial charge on any atom is -0.462 e. The highest BCUT2D eigenvalue weighted by atomic mass is 16.5. The van der Waals surface area contributed by atoms with Gasteiger partial charge in [0.25, 0.3) is 0 Å². The van der Waals surface area contributed by atoms with Crippen molar-refractivity contribution in [3.63, 3.8) is 0 Å². The molecule has 426 valence electrons. The smallest absolute Gasteiger partial charge is 0.348 e. The Morgan fingerprint density at radius 1 is 0.525 bits per heavy atom. The number of nitriles is 4. The van der Waals surface area contributed by atoms with E-state index in [0.717, 1.165) is 95.4 Å². The Hall–Kier alpha value is -5.06. The molecule has 20 fully saturated rings. The molecular formula is C64H87N13O3. The lowest BCUT2D eigenvalue weighted by molar-refractivity contribution is -0.140. The van der Waals surface area contributed by atoms with Crippen molar-refractivity contribution in [2.75, 3.05) is 13.2 Å². The van der Waals surface area contributed by atoms with Crippen LogP contribution in [0.15, 0.2) is 11.1 Å². The molecule has 22 rings (SSSR count). The van der Waals surface area contributed by atoms with Crippen LogP contribution in [0.25, 0.3) is 0 Å². The maximum absolute atomic E-state index is 11.9. The van der Waals surface area contributed by atoms with Gasteiger partial charge in [-0.3, -0.25) is 4.79 Å². The van der Waals surface area contributed by atoms with E-state index in [2.05, 4.69) is 65.5 Å². The monoisotopic (exact) mass is 1090 g/mol. The van der Waals surface area contributed by atoms with Crippen LogP contribution in [-0.4, -0.2) is 66.2 Å². The summed E-state index contributed by atoms with van der Waals surface area (Å²) in [5, 5.41) is 66.4. The highest BCUT2D eigenvalue weighted by Crippen LogP contribution is 2.66. The van der Waals surface area contributed by atoms with Crippen molar-refractivity contribution in [2.24, 2.45) is 140 Å². The first-order chi connectivity index (χ1) is 38.9. The molecule has 16 nitrogen and oxygen atoms in total. The van der Waals surface area contributed by atoms with Gasteiger partial charge in [-0.15, -0.1) is 20.4 Å². The van der Waals surface area contributed by atoms with E-state index in [1.165, 1.54) is 161 Å². The Balaban J connectivity index is 0.0000000953. The van der Waals surface area contributed by atoms with Crippen LogP contribution in [0.4, 0.5) is 0 Å². The number of rotatable bonds is 8. The summed E-state index contributed by atoms with van der Waals surface area (Å²) in [5.74, 6) is 16.7. The van der Waals surface area contributed by atoms with E-state index in [1.807, 2.05) is 0 Å². The second-order valence-corrected chi connectivity index (χ2v) is 29.7. The molecule has 2 heterocycles. The molecule has 0 radical (unpaired) electrons. The quantitative estimate of drug-likeness (QED) is 0.126. The van der Waals surface area contributed by atoms with Crippen molar-refractivity contribution in [3.8, 4) is 24.3 Å². The normalized spacial score (nSPS) is 45.5. The molecule has 0 spiro atoms. The first kappa shape index (κ1) is 54.2. The molecule has 0 amide bonds. The van der Waals surface area contributed by atoms with Crippen LogP contribution < -0.4 is 5.73 Å². The highest BCUT2D eigenvalue weighted by molar-refractivity contribution is 5.94. The van der Waals surface area contributed by atoms with Crippen LogP contribution in [0.3, 0.4) is 0 Å². The topological polar surface area (TPSA) is 273 Å². The van der Waals surface area contributed by atoms with Gasteiger partial charge in [-0.25, -0.2) is 4.79 Å². The summed E-state index contributed by atoms with van der Waals surface area (Å²) in [5.41, 5.74) is 7.47. The van der Waals surface area contributed by atoms with Gasteiger partial charge in [0.05, 0.1) is 42.1 Å². The zero-order valence-corrected chi connectivity index (χ0v) is 47.5. The molecule has 2 aromatic heterocycles. The van der Waals surface area contributed by atoms with E-state index in [9.17, 15) is 25.4 Å². The molecule has 20 aliphatic carbocycles. The maximum atomic E-state index is 11.9. The van der Waals surface area contributed by atoms with Crippen molar-refractivity contribution in [1.82, 2.24) is 41.2 Å². The number of allylic oxidation sites excluding steroid dienone is 1. The number of ketones is 1. The fourth-order valence-electron chi connectivity index (χ4n) is 23.3. The zero-order chi connectivity index (χ0) is 54.9. The maximum Gasteiger partial charge on any atom is 0.348 e. The van der Waals surface area contributed by atoms with E-state index in [4.69, 9.17) is 15.7 Å². The second-order valence-electron chi connectivity index (χ2n) is 29.7. The molecule has 0 aliphatic heterocycles. The van der Waals surface area contributed by atoms with Crippen LogP contribution >= 0.6 is 0 Å². The van der Waals surface area contributed by atoms with Gasteiger partial charge in [0, 0.05) is 24.7 Å². The number of ether oxygens (including phenoxy) is 1. The van der Waals surface area contributed by atoms with E-state index in [0.29, 0.717) is 84.0 Å². The van der Waals surface area contributed by atoms with Crippen molar-refractivity contribution >= 4 is 11.8 Å². The largest absolute Gasteiger partial charge is 0.462 e. The molecule has 0 aromatic carbocycles. The van der Waals surface area contributed by atoms with Gasteiger partial charge >= 0.3 is 5.97 Å². The van der Waals surface area contributed by atoms with Gasteiger partial charge < -0.3 is 10.5 Å². The van der Waals surface area contributed by atoms with Gasteiger partial charge in [0.2, 0.25) is 0 Å². The van der Waals surface area contributed by atoms with Crippen molar-refractivity contribution in [2.45, 2.75) is 187 Å². The number of carbonyl (C=O) groups excluding carboxylic acids is 2. The summed E-state index contributed by atoms with van der Waals surface area (Å²) in [6.45, 7) is 2.92. The predicted octanol–water partition coefficient (Wildman–Crippen LogP) is 10.6. The summed E-state index contributed by atoms with van der Waals surface area (Å²) in [6.07, 6.45) is 34.4. The number of aromatic nitrogens is 8. The van der Waals surface area contributed by atoms with Crippen LogP contribution in [-0.2, 0) is 27.2 Å². The molecule has 16 heteroatoms. The minimum absolute atomic E-state index is 0.211. The Morgan fingerprint density at radius 3 is 1.23 bits per heavy atom. The number of carbonyl (C=O) groups is 2. The van der Waals surface area contributed by atoms with Gasteiger partial charge in [-0.2, -0.15) is 31.5 Å². The van der Waals surface area contributed by atoms with E-state index < -0.39 is 5.97 Å². The molecule has 20 saturated carbocycles. The molecule has 0 saturated heterocycles. The Kier molecular flexibility index (Phi) is 14.9. The number of nitrogens with two attached hydrogens (primary N) is 1. The molecule has 80 heavy (non-hydrogen) atoms. The van der Waals surface area contributed by atoms with Gasteiger partial charge in [0.1, 0.15) is 17.4 Å². The summed E-state index contributed by atoms with van der Waals surface area (Å²) < 4.78 is 5.03. The molecule has 20 bridgehead atoms. The number of esters is 1. The lowest BCUT2D eigenvalue weighted by Gasteiger charge is -2.61. The number of nitrogens with one attached hydrogen (secondary N) is 2. The number of hydrogen-bond donors (Lipinski definition) is 3. The van der Waals surface area contributed by atoms with Crippen LogP contribution in [0.1, 0.15) is 186 Å². The standard InChI is InChI=1S/C15H19NO2.C13H21N5.C13H17N5.C13H16N2.C10H14O/c1-2-18-15(17)13(8-16)14-11-4-9-3-10(6-11)7-12(14)5-9;2*14-7-13(6-12-15-17-18-16-12)10-2-8-1-9(4-10)5-11(13)3-8;14-2-1-13(8-15)11-4-9-3-10(6-11)7-12(13)5-9;11-10-8-2-6-1-7(4-8)5-9(10)3-6/h9-12H,2-7H2,1H3;8-11H,1-7,14H2,(H,15,16,17,18);8-11H,1-6H2,(H,15,16,17,18);9-12H,1,3-7H2;6-9H,1-5H2. The average Bonchev–Trinajstić information content (AvgIpc) is 3.76.